The highest BCUT2D eigenvalue weighted by Gasteiger charge is 2.22. The molecule has 1 aliphatic heterocycles. The van der Waals surface area contributed by atoms with Crippen LogP contribution in [-0.4, -0.2) is 35.8 Å². The van der Waals surface area contributed by atoms with Crippen molar-refractivity contribution in [3.05, 3.63) is 45.7 Å². The van der Waals surface area contributed by atoms with Crippen LogP contribution in [0.2, 0.25) is 10.0 Å². The Labute approximate surface area is 202 Å². The Balaban J connectivity index is 1.55. The van der Waals surface area contributed by atoms with Crippen molar-refractivity contribution in [3.8, 4) is 0 Å². The Morgan fingerprint density at radius 1 is 1.15 bits per heavy atom. The van der Waals surface area contributed by atoms with E-state index in [2.05, 4.69) is 46.3 Å². The van der Waals surface area contributed by atoms with E-state index in [4.69, 9.17) is 23.2 Å². The molecule has 0 bridgehead atoms. The number of fused-ring (bicyclic) bond motifs is 1. The average molecular weight is 496 g/mol. The van der Waals surface area contributed by atoms with E-state index in [0.29, 0.717) is 60.0 Å². The van der Waals surface area contributed by atoms with Gasteiger partial charge in [0.25, 0.3) is 0 Å². The number of hydrogen-bond acceptors (Lipinski definition) is 4. The van der Waals surface area contributed by atoms with Gasteiger partial charge in [0.15, 0.2) is 5.82 Å². The summed E-state index contributed by atoms with van der Waals surface area (Å²) in [6.45, 7) is 8.73. The molecule has 5 nitrogen and oxygen atoms in total. The minimum absolute atomic E-state index is 0.0974. The molecule has 4 rings (SSSR count). The second-order valence-corrected chi connectivity index (χ2v) is 10.6. The number of piperidine rings is 1. The fraction of sp³-hybridized carbons (Fsp3) is 0.458. The number of anilines is 3. The highest BCUT2D eigenvalue weighted by atomic mass is 35.5. The van der Waals surface area contributed by atoms with E-state index >= 15 is 4.39 Å². The molecule has 0 radical (unpaired) electrons. The minimum atomic E-state index is -0.760. The molecule has 0 amide bonds. The lowest BCUT2D eigenvalue weighted by atomic mass is 9.97. The molecule has 0 unspecified atom stereocenters. The van der Waals surface area contributed by atoms with E-state index in [1.165, 1.54) is 0 Å². The first-order valence-corrected chi connectivity index (χ1v) is 11.9. The predicted molar refractivity (Wildman–Crippen MR) is 133 cm³/mol. The van der Waals surface area contributed by atoms with E-state index in [0.717, 1.165) is 12.2 Å². The topological polar surface area (TPSA) is 56.0 Å². The third kappa shape index (κ3) is 5.70. The van der Waals surface area contributed by atoms with E-state index in [1.807, 2.05) is 6.07 Å². The number of rotatable bonds is 6. The number of H-pyrrole nitrogens is 1. The summed E-state index contributed by atoms with van der Waals surface area (Å²) in [5.41, 5.74) is 3.00. The molecule has 0 atom stereocenters. The van der Waals surface area contributed by atoms with Gasteiger partial charge in [0.2, 0.25) is 5.95 Å². The first-order chi connectivity index (χ1) is 15.6. The zero-order chi connectivity index (χ0) is 23.8. The molecule has 2 heterocycles. The summed E-state index contributed by atoms with van der Waals surface area (Å²) >= 11 is 12.8. The fourth-order valence-corrected chi connectivity index (χ4v) is 4.42. The SMILES string of the molecule is CC(C)(C)CNCc1ccc(Cl)c(Nc2nc3cc(N4CCC(F)CC4)c(Cl)cc3[nH]2)c1F. The van der Waals surface area contributed by atoms with Crippen molar-refractivity contribution in [2.24, 2.45) is 5.41 Å². The number of nitrogens with zero attached hydrogens (tertiary/aromatic N) is 2. The van der Waals surface area contributed by atoms with Crippen LogP contribution in [0, 0.1) is 11.2 Å². The summed E-state index contributed by atoms with van der Waals surface area (Å²) in [7, 11) is 0. The monoisotopic (exact) mass is 495 g/mol. The van der Waals surface area contributed by atoms with Crippen LogP contribution < -0.4 is 15.5 Å². The van der Waals surface area contributed by atoms with Gasteiger partial charge in [0.05, 0.1) is 32.5 Å². The lowest BCUT2D eigenvalue weighted by Gasteiger charge is -2.31. The molecule has 33 heavy (non-hydrogen) atoms. The van der Waals surface area contributed by atoms with Crippen LogP contribution in [0.3, 0.4) is 0 Å². The molecule has 1 aromatic heterocycles. The maximum Gasteiger partial charge on any atom is 0.205 e. The van der Waals surface area contributed by atoms with Gasteiger partial charge in [-0.2, -0.15) is 0 Å². The molecule has 0 saturated carbocycles. The molecular formula is C24H29Cl2F2N5. The van der Waals surface area contributed by atoms with Gasteiger partial charge < -0.3 is 20.5 Å². The molecule has 3 N–H and O–H groups in total. The molecule has 0 aliphatic carbocycles. The van der Waals surface area contributed by atoms with Crippen LogP contribution >= 0.6 is 23.2 Å². The van der Waals surface area contributed by atoms with Gasteiger partial charge >= 0.3 is 0 Å². The van der Waals surface area contributed by atoms with Gasteiger partial charge in [-0.25, -0.2) is 13.8 Å². The average Bonchev–Trinajstić information content (AvgIpc) is 3.13. The Hall–Kier alpha value is -2.09. The van der Waals surface area contributed by atoms with Gasteiger partial charge in [0, 0.05) is 31.7 Å². The number of alkyl halides is 1. The van der Waals surface area contributed by atoms with Crippen molar-refractivity contribution in [1.82, 2.24) is 15.3 Å². The number of imidazole rings is 1. The van der Waals surface area contributed by atoms with Crippen LogP contribution in [0.4, 0.5) is 26.1 Å². The minimum Gasteiger partial charge on any atom is -0.370 e. The summed E-state index contributed by atoms with van der Waals surface area (Å²) in [6, 6.07) is 7.02. The molecule has 178 valence electrons. The molecule has 2 aromatic carbocycles. The maximum absolute atomic E-state index is 15.2. The van der Waals surface area contributed by atoms with Gasteiger partial charge in [-0.1, -0.05) is 50.0 Å². The number of aromatic amines is 1. The van der Waals surface area contributed by atoms with Crippen molar-refractivity contribution in [2.75, 3.05) is 29.9 Å². The van der Waals surface area contributed by atoms with Gasteiger partial charge in [0.1, 0.15) is 6.17 Å². The molecule has 1 fully saturated rings. The smallest absolute Gasteiger partial charge is 0.205 e. The van der Waals surface area contributed by atoms with Crippen molar-refractivity contribution < 1.29 is 8.78 Å². The third-order valence-electron chi connectivity index (χ3n) is 5.70. The molecule has 1 aliphatic rings. The van der Waals surface area contributed by atoms with Gasteiger partial charge in [-0.05, 0) is 36.5 Å². The van der Waals surface area contributed by atoms with E-state index in [-0.39, 0.29) is 16.1 Å². The summed E-state index contributed by atoms with van der Waals surface area (Å²) in [5, 5.41) is 7.10. The predicted octanol–water partition coefficient (Wildman–Crippen LogP) is 6.83. The summed E-state index contributed by atoms with van der Waals surface area (Å²) < 4.78 is 28.7. The normalized spacial score (nSPS) is 15.4. The summed E-state index contributed by atoms with van der Waals surface area (Å²) in [6.07, 6.45) is 0.213. The van der Waals surface area contributed by atoms with E-state index < -0.39 is 12.0 Å². The standard InChI is InChI=1S/C24H29Cl2F2N5/c1-24(2,3)13-29-12-14-4-5-16(25)22(21(14)28)32-23-30-18-10-17(26)20(11-19(18)31-23)33-8-6-15(27)7-9-33/h4-5,10-11,15,29H,6-9,12-13H2,1-3H3,(H2,30,31,32). The van der Waals surface area contributed by atoms with Gasteiger partial charge in [-0.15, -0.1) is 0 Å². The van der Waals surface area contributed by atoms with Crippen molar-refractivity contribution in [1.29, 1.82) is 0 Å². The third-order valence-corrected chi connectivity index (χ3v) is 6.32. The number of aromatic nitrogens is 2. The van der Waals surface area contributed by atoms with Crippen LogP contribution in [0.15, 0.2) is 24.3 Å². The highest BCUT2D eigenvalue weighted by Crippen LogP contribution is 2.34. The summed E-state index contributed by atoms with van der Waals surface area (Å²) in [4.78, 5) is 9.77. The summed E-state index contributed by atoms with van der Waals surface area (Å²) in [5.74, 6) is -0.0570. The van der Waals surface area contributed by atoms with Gasteiger partial charge in [-0.3, -0.25) is 0 Å². The first-order valence-electron chi connectivity index (χ1n) is 11.1. The van der Waals surface area contributed by atoms with Crippen molar-refractivity contribution >= 4 is 51.6 Å². The first kappa shape index (κ1) is 24.0. The lowest BCUT2D eigenvalue weighted by Crippen LogP contribution is -2.34. The number of halogens is 4. The second-order valence-electron chi connectivity index (χ2n) is 9.75. The number of benzene rings is 2. The maximum atomic E-state index is 15.2. The van der Waals surface area contributed by atoms with Crippen molar-refractivity contribution in [3.63, 3.8) is 0 Å². The zero-order valence-electron chi connectivity index (χ0n) is 19.0. The second kappa shape index (κ2) is 9.65. The van der Waals surface area contributed by atoms with Crippen molar-refractivity contribution in [2.45, 2.75) is 46.3 Å². The molecule has 0 spiro atoms. The van der Waals surface area contributed by atoms with E-state index in [9.17, 15) is 4.39 Å². The quantitative estimate of drug-likeness (QED) is 0.350. The molecule has 9 heteroatoms. The van der Waals surface area contributed by atoms with Crippen LogP contribution in [-0.2, 0) is 6.54 Å². The fourth-order valence-electron chi connectivity index (χ4n) is 3.95. The Bertz CT molecular complexity index is 1130. The Kier molecular flexibility index (Phi) is 7.03. The lowest BCUT2D eigenvalue weighted by molar-refractivity contribution is 0.277. The molecular weight excluding hydrogens is 467 g/mol. The largest absolute Gasteiger partial charge is 0.370 e. The van der Waals surface area contributed by atoms with Crippen LogP contribution in [0.5, 0.6) is 0 Å². The number of hydrogen-bond donors (Lipinski definition) is 3. The Morgan fingerprint density at radius 3 is 2.58 bits per heavy atom. The number of nitrogens with one attached hydrogen (secondary N) is 3. The van der Waals surface area contributed by atoms with E-state index in [1.54, 1.807) is 18.2 Å². The highest BCUT2D eigenvalue weighted by molar-refractivity contribution is 6.34. The molecule has 1 saturated heterocycles. The molecule has 3 aromatic rings. The van der Waals surface area contributed by atoms with Crippen LogP contribution in [0.25, 0.3) is 11.0 Å². The zero-order valence-corrected chi connectivity index (χ0v) is 20.5. The van der Waals surface area contributed by atoms with Crippen LogP contribution in [0.1, 0.15) is 39.2 Å². The Morgan fingerprint density at radius 2 is 1.88 bits per heavy atom.